The van der Waals surface area contributed by atoms with E-state index in [1.807, 2.05) is 0 Å². The minimum absolute atomic E-state index is 0.0263. The van der Waals surface area contributed by atoms with Crippen LogP contribution in [0.2, 0.25) is 0 Å². The van der Waals surface area contributed by atoms with Crippen molar-refractivity contribution in [1.29, 1.82) is 0 Å². The minimum Gasteiger partial charge on any atom is -0.481 e. The van der Waals surface area contributed by atoms with Crippen LogP contribution in [0.5, 0.6) is 0 Å². The van der Waals surface area contributed by atoms with Gasteiger partial charge in [0.05, 0.1) is 17.3 Å². The second-order valence-corrected chi connectivity index (χ2v) is 3.78. The molecular weight excluding hydrogens is 202 g/mol. The van der Waals surface area contributed by atoms with E-state index in [1.54, 1.807) is 6.92 Å². The summed E-state index contributed by atoms with van der Waals surface area (Å²) >= 11 is 0. The molecule has 15 heavy (non-hydrogen) atoms. The SMILES string of the molecule is CCC1(C(N)=O)C(C(=O)O)CC1C(=O)O. The quantitative estimate of drug-likeness (QED) is 0.593. The predicted molar refractivity (Wildman–Crippen MR) is 48.8 cm³/mol. The number of amides is 1. The van der Waals surface area contributed by atoms with Crippen LogP contribution in [0.4, 0.5) is 0 Å². The van der Waals surface area contributed by atoms with Gasteiger partial charge in [0.15, 0.2) is 0 Å². The fourth-order valence-electron chi connectivity index (χ4n) is 2.39. The number of nitrogens with two attached hydrogens (primary N) is 1. The molecule has 1 aliphatic carbocycles. The van der Waals surface area contributed by atoms with Crippen LogP contribution >= 0.6 is 0 Å². The molecule has 0 heterocycles. The topological polar surface area (TPSA) is 118 Å². The van der Waals surface area contributed by atoms with Crippen molar-refractivity contribution in [3.63, 3.8) is 0 Å². The second kappa shape index (κ2) is 3.52. The van der Waals surface area contributed by atoms with Crippen molar-refractivity contribution in [3.8, 4) is 0 Å². The maximum Gasteiger partial charge on any atom is 0.307 e. The fraction of sp³-hybridized carbons (Fsp3) is 0.667. The Balaban J connectivity index is 3.08. The number of hydrogen-bond donors (Lipinski definition) is 3. The van der Waals surface area contributed by atoms with Crippen LogP contribution in [0, 0.1) is 17.3 Å². The molecule has 0 bridgehead atoms. The number of carboxylic acids is 2. The number of carboxylic acid groups (broad SMARTS) is 2. The molecule has 4 N–H and O–H groups in total. The average Bonchev–Trinajstić information content (AvgIpc) is 2.01. The molecule has 0 aliphatic heterocycles. The van der Waals surface area contributed by atoms with Crippen molar-refractivity contribution >= 4 is 17.8 Å². The first-order valence-electron chi connectivity index (χ1n) is 4.63. The lowest BCUT2D eigenvalue weighted by molar-refractivity contribution is -0.182. The Labute approximate surface area is 86.1 Å². The Kier molecular flexibility index (Phi) is 2.70. The van der Waals surface area contributed by atoms with Gasteiger partial charge in [-0.3, -0.25) is 14.4 Å². The van der Waals surface area contributed by atoms with Crippen molar-refractivity contribution in [2.45, 2.75) is 19.8 Å². The first kappa shape index (κ1) is 11.5. The highest BCUT2D eigenvalue weighted by atomic mass is 16.4. The number of primary amides is 1. The zero-order valence-corrected chi connectivity index (χ0v) is 8.27. The maximum absolute atomic E-state index is 11.3. The average molecular weight is 215 g/mol. The molecule has 2 atom stereocenters. The predicted octanol–water partition coefficient (Wildman–Crippen LogP) is -0.327. The number of carbonyl (C=O) groups excluding carboxylic acids is 1. The van der Waals surface area contributed by atoms with Gasteiger partial charge in [-0.15, -0.1) is 0 Å². The second-order valence-electron chi connectivity index (χ2n) is 3.78. The molecule has 1 fully saturated rings. The molecular formula is C9H13NO5. The Morgan fingerprint density at radius 3 is 1.87 bits per heavy atom. The van der Waals surface area contributed by atoms with E-state index in [4.69, 9.17) is 15.9 Å². The highest BCUT2D eigenvalue weighted by molar-refractivity contribution is 5.94. The Morgan fingerprint density at radius 2 is 1.67 bits per heavy atom. The van der Waals surface area contributed by atoms with E-state index in [0.29, 0.717) is 0 Å². The monoisotopic (exact) mass is 215 g/mol. The molecule has 2 unspecified atom stereocenters. The smallest absolute Gasteiger partial charge is 0.307 e. The van der Waals surface area contributed by atoms with Gasteiger partial charge in [0.2, 0.25) is 5.91 Å². The van der Waals surface area contributed by atoms with Gasteiger partial charge in [0.25, 0.3) is 0 Å². The van der Waals surface area contributed by atoms with Crippen molar-refractivity contribution in [3.05, 3.63) is 0 Å². The standard InChI is InChI=1S/C9H13NO5/c1-2-9(8(10)15)4(6(11)12)3-5(9)7(13)14/h4-5H,2-3H2,1H3,(H2,10,15)(H,11,12)(H,13,14). The lowest BCUT2D eigenvalue weighted by Gasteiger charge is -2.49. The van der Waals surface area contributed by atoms with E-state index in [1.165, 1.54) is 0 Å². The number of hydrogen-bond acceptors (Lipinski definition) is 3. The van der Waals surface area contributed by atoms with Gasteiger partial charge in [-0.1, -0.05) is 6.92 Å². The van der Waals surface area contributed by atoms with Crippen molar-refractivity contribution in [2.24, 2.45) is 23.0 Å². The largest absolute Gasteiger partial charge is 0.481 e. The van der Waals surface area contributed by atoms with E-state index in [0.717, 1.165) is 0 Å². The summed E-state index contributed by atoms with van der Waals surface area (Å²) in [4.78, 5) is 32.9. The van der Waals surface area contributed by atoms with E-state index < -0.39 is 35.1 Å². The molecule has 84 valence electrons. The van der Waals surface area contributed by atoms with E-state index in [2.05, 4.69) is 0 Å². The zero-order valence-electron chi connectivity index (χ0n) is 8.27. The molecule has 0 saturated heterocycles. The van der Waals surface area contributed by atoms with Gasteiger partial charge < -0.3 is 15.9 Å². The van der Waals surface area contributed by atoms with Crippen LogP contribution in [0.1, 0.15) is 19.8 Å². The molecule has 6 nitrogen and oxygen atoms in total. The molecule has 0 radical (unpaired) electrons. The molecule has 1 aliphatic rings. The highest BCUT2D eigenvalue weighted by Gasteiger charge is 2.64. The number of rotatable bonds is 4. The minimum atomic E-state index is -1.42. The van der Waals surface area contributed by atoms with Gasteiger partial charge in [0, 0.05) is 0 Å². The first-order valence-corrected chi connectivity index (χ1v) is 4.63. The normalized spacial score (nSPS) is 34.2. The van der Waals surface area contributed by atoms with E-state index in [9.17, 15) is 14.4 Å². The Bertz CT molecular complexity index is 304. The summed E-state index contributed by atoms with van der Waals surface area (Å²) < 4.78 is 0. The van der Waals surface area contributed by atoms with Crippen LogP contribution in [-0.4, -0.2) is 28.1 Å². The molecule has 0 aromatic rings. The molecule has 0 spiro atoms. The maximum atomic E-state index is 11.3. The van der Waals surface area contributed by atoms with Gasteiger partial charge in [0.1, 0.15) is 0 Å². The molecule has 0 aromatic carbocycles. The summed E-state index contributed by atoms with van der Waals surface area (Å²) in [6.45, 7) is 1.58. The van der Waals surface area contributed by atoms with Crippen LogP contribution in [-0.2, 0) is 14.4 Å². The van der Waals surface area contributed by atoms with Crippen molar-refractivity contribution in [1.82, 2.24) is 0 Å². The van der Waals surface area contributed by atoms with Crippen LogP contribution in [0.3, 0.4) is 0 Å². The fourth-order valence-corrected chi connectivity index (χ4v) is 2.39. The molecule has 1 saturated carbocycles. The van der Waals surface area contributed by atoms with Gasteiger partial charge in [-0.25, -0.2) is 0 Å². The van der Waals surface area contributed by atoms with Gasteiger partial charge in [-0.05, 0) is 12.8 Å². The van der Waals surface area contributed by atoms with Gasteiger partial charge in [-0.2, -0.15) is 0 Å². The zero-order chi connectivity index (χ0) is 11.8. The third-order valence-electron chi connectivity index (χ3n) is 3.35. The molecule has 0 aromatic heterocycles. The van der Waals surface area contributed by atoms with Crippen LogP contribution in [0.25, 0.3) is 0 Å². The van der Waals surface area contributed by atoms with E-state index >= 15 is 0 Å². The summed E-state index contributed by atoms with van der Waals surface area (Å²) in [6.07, 6.45) is 0.109. The summed E-state index contributed by atoms with van der Waals surface area (Å²) in [5.74, 6) is -5.10. The first-order chi connectivity index (χ1) is 6.87. The Hall–Kier alpha value is -1.59. The van der Waals surface area contributed by atoms with Crippen molar-refractivity contribution < 1.29 is 24.6 Å². The molecule has 1 rings (SSSR count). The molecule has 1 amide bonds. The Morgan fingerprint density at radius 1 is 1.27 bits per heavy atom. The lowest BCUT2D eigenvalue weighted by atomic mass is 9.51. The number of aliphatic carboxylic acids is 2. The third kappa shape index (κ3) is 1.36. The summed E-state index contributed by atoms with van der Waals surface area (Å²) in [6, 6.07) is 0. The van der Waals surface area contributed by atoms with Gasteiger partial charge >= 0.3 is 11.9 Å². The van der Waals surface area contributed by atoms with Crippen LogP contribution < -0.4 is 5.73 Å². The van der Waals surface area contributed by atoms with Crippen molar-refractivity contribution in [2.75, 3.05) is 0 Å². The lowest BCUT2D eigenvalue weighted by Crippen LogP contribution is -2.61. The van der Waals surface area contributed by atoms with E-state index in [-0.39, 0.29) is 12.8 Å². The summed E-state index contributed by atoms with van der Waals surface area (Å²) in [7, 11) is 0. The summed E-state index contributed by atoms with van der Waals surface area (Å²) in [5, 5.41) is 17.7. The van der Waals surface area contributed by atoms with Crippen LogP contribution in [0.15, 0.2) is 0 Å². The molecule has 6 heteroatoms. The summed E-state index contributed by atoms with van der Waals surface area (Å²) in [5.41, 5.74) is 3.72. The third-order valence-corrected chi connectivity index (χ3v) is 3.35. The highest BCUT2D eigenvalue weighted by Crippen LogP contribution is 2.54. The number of carbonyl (C=O) groups is 3.